The average Bonchev–Trinajstić information content (AvgIpc) is 2.28. The normalized spacial score (nSPS) is 8.71. The van der Waals surface area contributed by atoms with Crippen molar-refractivity contribution in [1.82, 2.24) is 9.97 Å². The van der Waals surface area contributed by atoms with Gasteiger partial charge in [-0.05, 0) is 56.5 Å². The predicted molar refractivity (Wildman–Crippen MR) is 74.2 cm³/mol. The Morgan fingerprint density at radius 2 is 1.53 bits per heavy atom. The number of hydrogen-bond donors (Lipinski definition) is 0. The second-order valence-corrected chi connectivity index (χ2v) is 3.87. The number of hydrogen-bond acceptors (Lipinski definition) is 2. The zero-order valence-corrected chi connectivity index (χ0v) is 10.4. The lowest BCUT2D eigenvalue weighted by atomic mass is 10.2. The number of rotatable bonds is 0. The van der Waals surface area contributed by atoms with Gasteiger partial charge in [-0.2, -0.15) is 0 Å². The summed E-state index contributed by atoms with van der Waals surface area (Å²) >= 11 is 0. The molecule has 0 amide bonds. The van der Waals surface area contributed by atoms with E-state index in [1.165, 1.54) is 16.7 Å². The quantitative estimate of drug-likeness (QED) is 0.682. The molecule has 0 fully saturated rings. The van der Waals surface area contributed by atoms with Crippen molar-refractivity contribution >= 4 is 0 Å². The highest BCUT2D eigenvalue weighted by Crippen LogP contribution is 2.00. The monoisotopic (exact) mass is 230 g/mol. The molecule has 0 aromatic carbocycles. The van der Waals surface area contributed by atoms with Gasteiger partial charge in [-0.25, -0.2) is 0 Å². The minimum absolute atomic E-state index is 0. The van der Waals surface area contributed by atoms with Crippen LogP contribution in [0.4, 0.5) is 0 Å². The molecule has 2 heteroatoms. The maximum Gasteiger partial charge on any atom is 0.0401 e. The summed E-state index contributed by atoms with van der Waals surface area (Å²) in [5.74, 6) is 0. The van der Waals surface area contributed by atoms with Crippen LogP contribution < -0.4 is 0 Å². The van der Waals surface area contributed by atoms with Crippen LogP contribution in [0, 0.1) is 27.7 Å². The molecule has 2 heterocycles. The molecule has 2 rings (SSSR count). The fraction of sp³-hybridized carbons (Fsp3) is 0.333. The lowest BCUT2D eigenvalue weighted by molar-refractivity contribution is 1.15. The van der Waals surface area contributed by atoms with E-state index in [1.807, 2.05) is 37.6 Å². The molecule has 0 radical (unpaired) electrons. The van der Waals surface area contributed by atoms with Crippen molar-refractivity contribution in [2.75, 3.05) is 0 Å². The van der Waals surface area contributed by atoms with Crippen LogP contribution in [0.25, 0.3) is 0 Å². The minimum Gasteiger partial charge on any atom is -0.264 e. The SMILES string of the molecule is C.Cc1cccnc1C.Cc1ccncc1C. The summed E-state index contributed by atoms with van der Waals surface area (Å²) in [6.07, 6.45) is 5.49. The molecule has 0 saturated heterocycles. The maximum atomic E-state index is 4.08. The second kappa shape index (κ2) is 7.55. The summed E-state index contributed by atoms with van der Waals surface area (Å²) in [6.45, 7) is 8.21. The third-order valence-corrected chi connectivity index (χ3v) is 2.57. The van der Waals surface area contributed by atoms with Crippen molar-refractivity contribution < 1.29 is 0 Å². The zero-order valence-electron chi connectivity index (χ0n) is 10.4. The standard InChI is InChI=1S/2C7H9N.CH4/c1-6-3-4-8-5-7(6)2;1-6-4-3-5-8-7(6)2;/h2*3-5H,1-2H3;1H4. The Kier molecular flexibility index (Phi) is 6.80. The van der Waals surface area contributed by atoms with Gasteiger partial charge in [0.05, 0.1) is 0 Å². The molecule has 2 nitrogen and oxygen atoms in total. The minimum atomic E-state index is 0. The van der Waals surface area contributed by atoms with Crippen LogP contribution >= 0.6 is 0 Å². The van der Waals surface area contributed by atoms with Crippen molar-refractivity contribution in [2.24, 2.45) is 0 Å². The van der Waals surface area contributed by atoms with Crippen LogP contribution in [0.2, 0.25) is 0 Å². The van der Waals surface area contributed by atoms with Gasteiger partial charge < -0.3 is 0 Å². The predicted octanol–water partition coefficient (Wildman–Crippen LogP) is 4.03. The van der Waals surface area contributed by atoms with Crippen LogP contribution in [-0.2, 0) is 0 Å². The zero-order chi connectivity index (χ0) is 12.0. The number of nitrogens with zero attached hydrogens (tertiary/aromatic N) is 2. The lowest BCUT2D eigenvalue weighted by Gasteiger charge is -1.92. The Balaban J connectivity index is 0.000000284. The van der Waals surface area contributed by atoms with Gasteiger partial charge in [0, 0.05) is 24.3 Å². The third-order valence-electron chi connectivity index (χ3n) is 2.57. The van der Waals surface area contributed by atoms with Crippen LogP contribution in [-0.4, -0.2) is 9.97 Å². The van der Waals surface area contributed by atoms with Gasteiger partial charge in [-0.1, -0.05) is 13.5 Å². The molecule has 0 unspecified atom stereocenters. The lowest BCUT2D eigenvalue weighted by Crippen LogP contribution is -1.81. The fourth-order valence-electron chi connectivity index (χ4n) is 1.11. The largest absolute Gasteiger partial charge is 0.264 e. The van der Waals surface area contributed by atoms with Gasteiger partial charge >= 0.3 is 0 Å². The Morgan fingerprint density at radius 3 is 1.88 bits per heavy atom. The van der Waals surface area contributed by atoms with Crippen molar-refractivity contribution in [3.05, 3.63) is 59.2 Å². The Hall–Kier alpha value is -1.70. The molecule has 0 aliphatic carbocycles. The Bertz CT molecular complexity index is 365. The Labute approximate surface area is 105 Å². The second-order valence-electron chi connectivity index (χ2n) is 3.87. The van der Waals surface area contributed by atoms with Crippen LogP contribution in [0.3, 0.4) is 0 Å². The first-order valence-electron chi connectivity index (χ1n) is 5.36. The molecule has 0 spiro atoms. The van der Waals surface area contributed by atoms with E-state index in [2.05, 4.69) is 36.8 Å². The number of pyridine rings is 2. The summed E-state index contributed by atoms with van der Waals surface area (Å²) < 4.78 is 0. The van der Waals surface area contributed by atoms with E-state index >= 15 is 0 Å². The van der Waals surface area contributed by atoms with Gasteiger partial charge in [-0.3, -0.25) is 9.97 Å². The smallest absolute Gasteiger partial charge is 0.0401 e. The Morgan fingerprint density at radius 1 is 0.824 bits per heavy atom. The van der Waals surface area contributed by atoms with Crippen LogP contribution in [0.15, 0.2) is 36.8 Å². The van der Waals surface area contributed by atoms with Gasteiger partial charge in [-0.15, -0.1) is 0 Å². The summed E-state index contributed by atoms with van der Waals surface area (Å²) in [5.41, 5.74) is 4.94. The first-order chi connectivity index (χ1) is 7.61. The molecule has 0 atom stereocenters. The van der Waals surface area contributed by atoms with E-state index < -0.39 is 0 Å². The average molecular weight is 230 g/mol. The topological polar surface area (TPSA) is 25.8 Å². The van der Waals surface area contributed by atoms with Crippen molar-refractivity contribution in [3.63, 3.8) is 0 Å². The molecule has 0 saturated carbocycles. The first-order valence-corrected chi connectivity index (χ1v) is 5.36. The number of aromatic nitrogens is 2. The van der Waals surface area contributed by atoms with Crippen molar-refractivity contribution in [2.45, 2.75) is 35.1 Å². The van der Waals surface area contributed by atoms with E-state index in [9.17, 15) is 0 Å². The third kappa shape index (κ3) is 5.25. The van der Waals surface area contributed by atoms with E-state index in [0.29, 0.717) is 0 Å². The fourth-order valence-corrected chi connectivity index (χ4v) is 1.11. The van der Waals surface area contributed by atoms with E-state index in [1.54, 1.807) is 0 Å². The van der Waals surface area contributed by atoms with E-state index in [-0.39, 0.29) is 7.43 Å². The molecular formula is C15H22N2. The number of aryl methyl sites for hydroxylation is 4. The molecule has 0 N–H and O–H groups in total. The molecule has 0 bridgehead atoms. The van der Waals surface area contributed by atoms with E-state index in [0.717, 1.165) is 5.69 Å². The highest BCUT2D eigenvalue weighted by molar-refractivity contribution is 5.18. The van der Waals surface area contributed by atoms with Crippen molar-refractivity contribution in [1.29, 1.82) is 0 Å². The molecular weight excluding hydrogens is 208 g/mol. The highest BCUT2D eigenvalue weighted by atomic mass is 14.7. The molecule has 0 aliphatic rings. The van der Waals surface area contributed by atoms with Gasteiger partial charge in [0.25, 0.3) is 0 Å². The van der Waals surface area contributed by atoms with Gasteiger partial charge in [0.1, 0.15) is 0 Å². The highest BCUT2D eigenvalue weighted by Gasteiger charge is 1.86. The van der Waals surface area contributed by atoms with Gasteiger partial charge in [0.15, 0.2) is 0 Å². The van der Waals surface area contributed by atoms with Crippen LogP contribution in [0.1, 0.15) is 29.8 Å². The molecule has 0 aliphatic heterocycles. The van der Waals surface area contributed by atoms with E-state index in [4.69, 9.17) is 0 Å². The summed E-state index contributed by atoms with van der Waals surface area (Å²) in [4.78, 5) is 8.02. The summed E-state index contributed by atoms with van der Waals surface area (Å²) in [5, 5.41) is 0. The van der Waals surface area contributed by atoms with Crippen molar-refractivity contribution in [3.8, 4) is 0 Å². The summed E-state index contributed by atoms with van der Waals surface area (Å²) in [6, 6.07) is 6.01. The molecule has 92 valence electrons. The molecule has 17 heavy (non-hydrogen) atoms. The first kappa shape index (κ1) is 15.3. The van der Waals surface area contributed by atoms with Crippen LogP contribution in [0.5, 0.6) is 0 Å². The summed E-state index contributed by atoms with van der Waals surface area (Å²) in [7, 11) is 0. The maximum absolute atomic E-state index is 4.08. The molecule has 2 aromatic rings. The van der Waals surface area contributed by atoms with Gasteiger partial charge in [0.2, 0.25) is 0 Å². The molecule has 2 aromatic heterocycles.